The highest BCUT2D eigenvalue weighted by Crippen LogP contribution is 2.40. The molecule has 0 bridgehead atoms. The maximum Gasteiger partial charge on any atom is 0.325 e. The number of unbranched alkanes of at least 4 members (excludes halogenated alkanes) is 1. The van der Waals surface area contributed by atoms with Crippen LogP contribution in [0.15, 0.2) is 111 Å². The minimum absolute atomic E-state index is 0.0239. The van der Waals surface area contributed by atoms with E-state index in [4.69, 9.17) is 41.1 Å². The summed E-state index contributed by atoms with van der Waals surface area (Å²) in [5.41, 5.74) is 3.43. The van der Waals surface area contributed by atoms with E-state index in [9.17, 15) is 32.8 Å². The van der Waals surface area contributed by atoms with E-state index in [1.165, 1.54) is 34.6 Å². The van der Waals surface area contributed by atoms with Crippen LogP contribution < -0.4 is 36.8 Å². The van der Waals surface area contributed by atoms with Gasteiger partial charge in [-0.1, -0.05) is 35.9 Å². The first-order chi connectivity index (χ1) is 43.1. The molecule has 26 heteroatoms. The van der Waals surface area contributed by atoms with Gasteiger partial charge in [0.15, 0.2) is 5.13 Å². The van der Waals surface area contributed by atoms with E-state index in [0.717, 1.165) is 50.1 Å². The van der Waals surface area contributed by atoms with Crippen LogP contribution in [-0.2, 0) is 48.0 Å². The van der Waals surface area contributed by atoms with Crippen LogP contribution in [0.4, 0.5) is 24.4 Å². The number of halogens is 3. The number of nitrogens with two attached hydrogens (primary N) is 1. The number of hydrogen-bond donors (Lipinski definition) is 5. The Morgan fingerprint density at radius 3 is 2.25 bits per heavy atom. The standard InChI is InChI=1S/C63H83ClF2N12O10S/c1-75(25-3-4-31-87-54-15-7-46(8-16-54)9-20-57(80)78(44-48-21-23-63(65,66)40-48)59(49-10-19-56(79)69-42-49)60(82)70-41-47-5-11-50(64)12-6-47)30-34-86-36-35-84-32-22-52(74-67)43-68-24-33-85-37-38-88-55-17-13-51(14-18-55)71-61(83)73-62-72-53(45-89-62)39-58(81)77-28-26-76(2)27-29-77/h5-8,10-19,42-43,45,48,59H,3-4,9,20-41,44,67H2,1-2H3,(H,69,79)(H,70,82)(H2,71,72,73,83)/b68-43?,74-52-. The molecule has 1 aliphatic heterocycles. The number of anilines is 2. The molecule has 1 saturated heterocycles. The number of aromatic amines is 1. The van der Waals surface area contributed by atoms with Crippen molar-refractivity contribution in [1.29, 1.82) is 0 Å². The lowest BCUT2D eigenvalue weighted by Crippen LogP contribution is -2.47. The Morgan fingerprint density at radius 2 is 1.54 bits per heavy atom. The van der Waals surface area contributed by atoms with E-state index < -0.39 is 29.8 Å². The molecule has 1 saturated carbocycles. The summed E-state index contributed by atoms with van der Waals surface area (Å²) in [6, 6.07) is 22.6. The fourth-order valence-corrected chi connectivity index (χ4v) is 10.7. The van der Waals surface area contributed by atoms with Crippen LogP contribution in [0.3, 0.4) is 0 Å². The maximum absolute atomic E-state index is 14.4. The van der Waals surface area contributed by atoms with Crippen molar-refractivity contribution in [2.75, 3.05) is 130 Å². The number of benzene rings is 3. The normalized spacial score (nSPS) is 15.5. The van der Waals surface area contributed by atoms with Gasteiger partial charge in [0.05, 0.1) is 70.6 Å². The van der Waals surface area contributed by atoms with Crippen molar-refractivity contribution < 1.29 is 51.6 Å². The minimum Gasteiger partial charge on any atom is -0.494 e. The number of piperazine rings is 1. The Labute approximate surface area is 527 Å². The van der Waals surface area contributed by atoms with Crippen LogP contribution in [0.25, 0.3) is 0 Å². The number of H-pyrrole nitrogens is 1. The number of thiazole rings is 1. The number of nitrogens with one attached hydrogen (secondary N) is 4. The van der Waals surface area contributed by atoms with Crippen LogP contribution in [0.2, 0.25) is 5.02 Å². The van der Waals surface area contributed by atoms with Crippen molar-refractivity contribution in [2.45, 2.75) is 76.3 Å². The number of likely N-dealkylation sites (N-methyl/N-ethyl adjacent to an activating group) is 2. The molecule has 5 amide bonds. The van der Waals surface area contributed by atoms with Crippen molar-refractivity contribution in [3.8, 4) is 11.5 Å². The van der Waals surface area contributed by atoms with Crippen molar-refractivity contribution in [3.63, 3.8) is 0 Å². The fraction of sp³-hybridized carbons (Fsp3) is 0.492. The number of amides is 5. The number of hydrazone groups is 1. The van der Waals surface area contributed by atoms with Gasteiger partial charge in [0.1, 0.15) is 24.1 Å². The molecule has 2 unspecified atom stereocenters. The quantitative estimate of drug-likeness (QED) is 0.0111. The first-order valence-corrected chi connectivity index (χ1v) is 31.3. The first kappa shape index (κ1) is 69.1. The molecule has 1 aliphatic carbocycles. The van der Waals surface area contributed by atoms with Crippen molar-refractivity contribution in [3.05, 3.63) is 134 Å². The highest BCUT2D eigenvalue weighted by atomic mass is 35.5. The van der Waals surface area contributed by atoms with Gasteiger partial charge < -0.3 is 64.7 Å². The van der Waals surface area contributed by atoms with Gasteiger partial charge in [-0.25, -0.2) is 18.6 Å². The van der Waals surface area contributed by atoms with Crippen LogP contribution in [0.5, 0.6) is 11.5 Å². The van der Waals surface area contributed by atoms with E-state index in [2.05, 4.69) is 45.8 Å². The highest BCUT2D eigenvalue weighted by molar-refractivity contribution is 7.14. The van der Waals surface area contributed by atoms with Gasteiger partial charge in [-0.05, 0) is 118 Å². The third-order valence-electron chi connectivity index (χ3n) is 14.9. The maximum atomic E-state index is 14.4. The van der Waals surface area contributed by atoms with Crippen LogP contribution in [-0.4, -0.2) is 190 Å². The summed E-state index contributed by atoms with van der Waals surface area (Å²) < 4.78 is 57.8. The smallest absolute Gasteiger partial charge is 0.325 e. The Morgan fingerprint density at radius 1 is 0.843 bits per heavy atom. The molecular weight excluding hydrogens is 1190 g/mol. The van der Waals surface area contributed by atoms with E-state index in [-0.39, 0.29) is 62.6 Å². The summed E-state index contributed by atoms with van der Waals surface area (Å²) in [5, 5.41) is 15.0. The molecular formula is C63H83ClF2N12O10S. The van der Waals surface area contributed by atoms with Crippen molar-refractivity contribution >= 4 is 69.4 Å². The molecule has 2 aromatic heterocycles. The van der Waals surface area contributed by atoms with Crippen LogP contribution in [0, 0.1) is 5.92 Å². The van der Waals surface area contributed by atoms with Gasteiger partial charge >= 0.3 is 6.03 Å². The molecule has 2 aliphatic rings. The number of carbonyl (C=O) groups is 4. The molecule has 0 spiro atoms. The molecule has 7 rings (SSSR count). The number of rotatable bonds is 37. The molecule has 0 radical (unpaired) electrons. The minimum atomic E-state index is -2.84. The zero-order valence-corrected chi connectivity index (χ0v) is 52.3. The first-order valence-electron chi connectivity index (χ1n) is 30.1. The SMILES string of the molecule is CN(CCCCOc1ccc(CCC(=O)N(CC2CCC(F)(F)C2)C(C(=O)NCc2ccc(Cl)cc2)c2ccc(=O)[nH]c2)cc1)CCOCCOCC/C(C=NCCOCCOc1ccc(NC(=O)Nc2nc(CC(=O)N3CCN(C)CC3)cs2)cc1)=N/N. The second-order valence-electron chi connectivity index (χ2n) is 21.9. The summed E-state index contributed by atoms with van der Waals surface area (Å²) in [4.78, 5) is 84.4. The largest absolute Gasteiger partial charge is 0.494 e. The van der Waals surface area contributed by atoms with E-state index in [1.807, 2.05) is 43.3 Å². The lowest BCUT2D eigenvalue weighted by atomic mass is 10.00. The third kappa shape index (κ3) is 25.2. The molecule has 3 aromatic carbocycles. The number of aromatic nitrogens is 2. The van der Waals surface area contributed by atoms with E-state index in [0.29, 0.717) is 130 Å². The lowest BCUT2D eigenvalue weighted by Gasteiger charge is -2.33. The second-order valence-corrected chi connectivity index (χ2v) is 23.2. The summed E-state index contributed by atoms with van der Waals surface area (Å²) in [6.45, 7) is 8.72. The number of carbonyl (C=O) groups excluding carboxylic acids is 4. The Bertz CT molecular complexity index is 3080. The third-order valence-corrected chi connectivity index (χ3v) is 16.0. The average Bonchev–Trinajstić information content (AvgIpc) is 3.88. The fourth-order valence-electron chi connectivity index (χ4n) is 9.86. The van der Waals surface area contributed by atoms with Crippen molar-refractivity contribution in [2.24, 2.45) is 21.9 Å². The zero-order chi connectivity index (χ0) is 63.2. The van der Waals surface area contributed by atoms with Crippen molar-refractivity contribution in [1.82, 2.24) is 34.9 Å². The monoisotopic (exact) mass is 1270 g/mol. The average molecular weight is 1270 g/mol. The summed E-state index contributed by atoms with van der Waals surface area (Å²) >= 11 is 7.32. The number of alkyl halides is 2. The Hall–Kier alpha value is -7.39. The molecule has 3 heterocycles. The Balaban J connectivity index is 0.682. The number of urea groups is 1. The summed E-state index contributed by atoms with van der Waals surface area (Å²) in [5.74, 6) is 2.70. The number of hydrogen-bond acceptors (Lipinski definition) is 17. The van der Waals surface area contributed by atoms with E-state index in [1.54, 1.807) is 60.1 Å². The molecule has 5 aromatic rings. The van der Waals surface area contributed by atoms with Gasteiger partial charge in [-0.15, -0.1) is 11.3 Å². The number of pyridine rings is 1. The van der Waals surface area contributed by atoms with Crippen LogP contribution >= 0.6 is 22.9 Å². The number of aryl methyl sites for hydroxylation is 1. The zero-order valence-electron chi connectivity index (χ0n) is 50.7. The number of ether oxygens (including phenoxy) is 5. The predicted molar refractivity (Wildman–Crippen MR) is 341 cm³/mol. The summed E-state index contributed by atoms with van der Waals surface area (Å²) in [7, 11) is 4.09. The number of nitrogens with zero attached hydrogens (tertiary/aromatic N) is 7. The summed E-state index contributed by atoms with van der Waals surface area (Å²) in [6.07, 6.45) is 5.40. The van der Waals surface area contributed by atoms with Gasteiger partial charge in [0.25, 0.3) is 0 Å². The highest BCUT2D eigenvalue weighted by Gasteiger charge is 2.42. The molecule has 89 heavy (non-hydrogen) atoms. The van der Waals surface area contributed by atoms with Gasteiger partial charge in [0.2, 0.25) is 29.2 Å². The van der Waals surface area contributed by atoms with E-state index >= 15 is 0 Å². The van der Waals surface area contributed by atoms with Gasteiger partial charge in [0, 0.05) is 112 Å². The van der Waals surface area contributed by atoms with Gasteiger partial charge in [-0.2, -0.15) is 5.10 Å². The number of aliphatic imine (C=N–C) groups is 1. The molecule has 2 fully saturated rings. The second kappa shape index (κ2) is 36.9. The van der Waals surface area contributed by atoms with Crippen LogP contribution in [0.1, 0.15) is 73.4 Å². The van der Waals surface area contributed by atoms with Gasteiger partial charge in [-0.3, -0.25) is 29.5 Å². The topological polar surface area (TPSA) is 260 Å². The Kier molecular flexibility index (Phi) is 28.7. The lowest BCUT2D eigenvalue weighted by molar-refractivity contribution is -0.141. The molecule has 2 atom stereocenters. The molecule has 6 N–H and O–H groups in total. The molecule has 482 valence electrons. The molecule has 22 nitrogen and oxygen atoms in total. The predicted octanol–water partition coefficient (Wildman–Crippen LogP) is 7.69.